The molecule has 0 aromatic heterocycles. The van der Waals surface area contributed by atoms with Crippen LogP contribution in [0.15, 0.2) is 113 Å². The molecule has 1 N–H and O–H groups in total. The van der Waals surface area contributed by atoms with E-state index in [1.54, 1.807) is 55.6 Å². The van der Waals surface area contributed by atoms with Gasteiger partial charge >= 0.3 is 0 Å². The van der Waals surface area contributed by atoms with Crippen LogP contribution in [0.1, 0.15) is 31.9 Å². The maximum absolute atomic E-state index is 14.6. The van der Waals surface area contributed by atoms with Gasteiger partial charge < -0.3 is 19.7 Å². The van der Waals surface area contributed by atoms with Crippen LogP contribution in [0.3, 0.4) is 0 Å². The molecule has 48 heavy (non-hydrogen) atoms. The molecule has 0 fully saturated rings. The SMILES string of the molecule is CCOc1ccc(N(CC(=O)N(Cc2cccc(OC)c2)[C@@H](Cc2ccccc2)C(=O)NC(C)C)S(=O)(=O)c2ccc(SC)cc2)cc1. The van der Waals surface area contributed by atoms with Gasteiger partial charge in [-0.25, -0.2) is 8.42 Å². The van der Waals surface area contributed by atoms with E-state index in [9.17, 15) is 18.0 Å². The van der Waals surface area contributed by atoms with Crippen molar-refractivity contribution in [2.75, 3.05) is 30.8 Å². The zero-order valence-corrected chi connectivity index (χ0v) is 29.6. The number of rotatable bonds is 16. The lowest BCUT2D eigenvalue weighted by atomic mass is 10.0. The van der Waals surface area contributed by atoms with E-state index in [2.05, 4.69) is 5.32 Å². The Labute approximate surface area is 288 Å². The molecular weight excluding hydrogens is 647 g/mol. The fourth-order valence-corrected chi connectivity index (χ4v) is 7.00. The van der Waals surface area contributed by atoms with E-state index >= 15 is 0 Å². The Balaban J connectivity index is 1.81. The molecule has 0 bridgehead atoms. The summed E-state index contributed by atoms with van der Waals surface area (Å²) in [5.41, 5.74) is 1.87. The van der Waals surface area contributed by atoms with E-state index in [4.69, 9.17) is 9.47 Å². The van der Waals surface area contributed by atoms with Crippen molar-refractivity contribution in [3.8, 4) is 11.5 Å². The zero-order chi connectivity index (χ0) is 34.7. The van der Waals surface area contributed by atoms with Crippen LogP contribution in [0.4, 0.5) is 5.69 Å². The number of thioether (sulfide) groups is 1. The fraction of sp³-hybridized carbons (Fsp3) is 0.297. The average Bonchev–Trinajstić information content (AvgIpc) is 3.09. The van der Waals surface area contributed by atoms with E-state index in [0.29, 0.717) is 18.1 Å². The normalized spacial score (nSPS) is 11.9. The van der Waals surface area contributed by atoms with Crippen molar-refractivity contribution in [2.45, 2.75) is 55.6 Å². The lowest BCUT2D eigenvalue weighted by Gasteiger charge is -2.34. The van der Waals surface area contributed by atoms with Crippen molar-refractivity contribution in [2.24, 2.45) is 0 Å². The minimum absolute atomic E-state index is 0.0403. The van der Waals surface area contributed by atoms with Crippen molar-refractivity contribution in [3.05, 3.63) is 114 Å². The molecule has 0 unspecified atom stereocenters. The Morgan fingerprint density at radius 2 is 1.52 bits per heavy atom. The van der Waals surface area contributed by atoms with Crippen LogP contribution in [0, 0.1) is 0 Å². The summed E-state index contributed by atoms with van der Waals surface area (Å²) in [5.74, 6) is 0.282. The van der Waals surface area contributed by atoms with Gasteiger partial charge in [-0.05, 0) is 98.8 Å². The number of carbonyl (C=O) groups is 2. The van der Waals surface area contributed by atoms with E-state index in [1.807, 2.05) is 69.5 Å². The minimum atomic E-state index is -4.22. The quantitative estimate of drug-likeness (QED) is 0.140. The summed E-state index contributed by atoms with van der Waals surface area (Å²) in [6.45, 7) is 5.51. The van der Waals surface area contributed by atoms with Gasteiger partial charge in [-0.3, -0.25) is 13.9 Å². The van der Waals surface area contributed by atoms with Gasteiger partial charge in [0.05, 0.1) is 24.3 Å². The first-order chi connectivity index (χ1) is 23.0. The number of carbonyl (C=O) groups excluding carboxylic acids is 2. The van der Waals surface area contributed by atoms with Crippen molar-refractivity contribution in [3.63, 3.8) is 0 Å². The highest BCUT2D eigenvalue weighted by Gasteiger charge is 2.35. The van der Waals surface area contributed by atoms with Gasteiger partial charge in [0.25, 0.3) is 10.0 Å². The summed E-state index contributed by atoms with van der Waals surface area (Å²) in [4.78, 5) is 30.9. The number of benzene rings is 4. The summed E-state index contributed by atoms with van der Waals surface area (Å²) >= 11 is 1.50. The van der Waals surface area contributed by atoms with E-state index in [-0.39, 0.29) is 35.5 Å². The van der Waals surface area contributed by atoms with Crippen LogP contribution in [0.2, 0.25) is 0 Å². The first-order valence-corrected chi connectivity index (χ1v) is 18.4. The van der Waals surface area contributed by atoms with Crippen LogP contribution in [-0.2, 0) is 32.6 Å². The number of nitrogens with one attached hydrogen (secondary N) is 1. The van der Waals surface area contributed by atoms with Crippen LogP contribution in [0.25, 0.3) is 0 Å². The Kier molecular flexibility index (Phi) is 12.9. The highest BCUT2D eigenvalue weighted by Crippen LogP contribution is 2.28. The summed E-state index contributed by atoms with van der Waals surface area (Å²) in [6, 6.07) is 28.7. The molecule has 0 radical (unpaired) electrons. The van der Waals surface area contributed by atoms with Crippen LogP contribution < -0.4 is 19.1 Å². The maximum Gasteiger partial charge on any atom is 0.264 e. The third kappa shape index (κ3) is 9.54. The van der Waals surface area contributed by atoms with Crippen molar-refractivity contribution >= 4 is 39.3 Å². The molecule has 0 saturated heterocycles. The molecule has 1 atom stereocenters. The fourth-order valence-electron chi connectivity index (χ4n) is 5.18. The third-order valence-electron chi connectivity index (χ3n) is 7.55. The molecule has 9 nitrogen and oxygen atoms in total. The number of hydrogen-bond donors (Lipinski definition) is 1. The molecule has 4 aromatic carbocycles. The van der Waals surface area contributed by atoms with Crippen molar-refractivity contribution < 1.29 is 27.5 Å². The highest BCUT2D eigenvalue weighted by atomic mass is 32.2. The Morgan fingerprint density at radius 3 is 2.12 bits per heavy atom. The van der Waals surface area contributed by atoms with Gasteiger partial charge in [-0.2, -0.15) is 0 Å². The monoisotopic (exact) mass is 689 g/mol. The molecule has 0 aliphatic rings. The Hall–Kier alpha value is -4.48. The summed E-state index contributed by atoms with van der Waals surface area (Å²) < 4.78 is 40.7. The lowest BCUT2D eigenvalue weighted by Crippen LogP contribution is -2.54. The molecule has 254 valence electrons. The molecule has 0 aliphatic carbocycles. The topological polar surface area (TPSA) is 105 Å². The average molecular weight is 690 g/mol. The molecule has 0 heterocycles. The largest absolute Gasteiger partial charge is 0.497 e. The number of hydrogen-bond acceptors (Lipinski definition) is 7. The first kappa shape index (κ1) is 36.4. The third-order valence-corrected chi connectivity index (χ3v) is 10.1. The second-order valence-electron chi connectivity index (χ2n) is 11.4. The van der Waals surface area contributed by atoms with Gasteiger partial charge in [0, 0.05) is 23.9 Å². The van der Waals surface area contributed by atoms with E-state index in [1.165, 1.54) is 28.8 Å². The number of amides is 2. The number of sulfonamides is 1. The lowest BCUT2D eigenvalue weighted by molar-refractivity contribution is -0.140. The van der Waals surface area contributed by atoms with Crippen LogP contribution in [0.5, 0.6) is 11.5 Å². The highest BCUT2D eigenvalue weighted by molar-refractivity contribution is 7.98. The standard InChI is InChI=1S/C37H43N3O6S2/c1-6-46-31-17-15-30(16-18-31)40(48(43,44)34-21-19-33(47-5)20-22-34)26-36(41)39(25-29-13-10-14-32(23-29)45-4)35(37(42)38-27(2)3)24-28-11-8-7-9-12-28/h7-23,27,35H,6,24-26H2,1-5H3,(H,38,42)/t35-/m0/s1. The second-order valence-corrected chi connectivity index (χ2v) is 14.1. The predicted molar refractivity (Wildman–Crippen MR) is 191 cm³/mol. The Bertz CT molecular complexity index is 1750. The number of anilines is 1. The van der Waals surface area contributed by atoms with Gasteiger partial charge in [-0.15, -0.1) is 11.8 Å². The Morgan fingerprint density at radius 1 is 0.854 bits per heavy atom. The van der Waals surface area contributed by atoms with Gasteiger partial charge in [0.1, 0.15) is 24.1 Å². The first-order valence-electron chi connectivity index (χ1n) is 15.7. The summed E-state index contributed by atoms with van der Waals surface area (Å²) in [5, 5.41) is 2.97. The van der Waals surface area contributed by atoms with E-state index in [0.717, 1.165) is 20.3 Å². The number of nitrogens with zero attached hydrogens (tertiary/aromatic N) is 2. The molecule has 0 spiro atoms. The predicted octanol–water partition coefficient (Wildman–Crippen LogP) is 6.18. The molecular formula is C37H43N3O6S2. The van der Waals surface area contributed by atoms with Gasteiger partial charge in [0.15, 0.2) is 0 Å². The second kappa shape index (κ2) is 17.1. The molecule has 4 aromatic rings. The van der Waals surface area contributed by atoms with Crippen LogP contribution in [-0.4, -0.2) is 63.7 Å². The molecule has 0 saturated carbocycles. The zero-order valence-electron chi connectivity index (χ0n) is 28.0. The smallest absolute Gasteiger partial charge is 0.264 e. The molecule has 4 rings (SSSR count). The van der Waals surface area contributed by atoms with E-state index < -0.39 is 28.5 Å². The maximum atomic E-state index is 14.6. The van der Waals surface area contributed by atoms with Gasteiger partial charge in [0.2, 0.25) is 11.8 Å². The minimum Gasteiger partial charge on any atom is -0.497 e. The number of ether oxygens (including phenoxy) is 2. The molecule has 0 aliphatic heterocycles. The van der Waals surface area contributed by atoms with Crippen molar-refractivity contribution in [1.82, 2.24) is 10.2 Å². The van der Waals surface area contributed by atoms with Crippen molar-refractivity contribution in [1.29, 1.82) is 0 Å². The van der Waals surface area contributed by atoms with Gasteiger partial charge in [-0.1, -0.05) is 42.5 Å². The number of methoxy groups -OCH3 is 1. The summed E-state index contributed by atoms with van der Waals surface area (Å²) in [7, 11) is -2.67. The van der Waals surface area contributed by atoms with Crippen LogP contribution >= 0.6 is 11.8 Å². The molecule has 11 heteroatoms. The summed E-state index contributed by atoms with van der Waals surface area (Å²) in [6.07, 6.45) is 2.13. The molecule has 2 amide bonds.